The molecule has 2 aromatic rings. The molecule has 0 aliphatic carbocycles. The minimum Gasteiger partial charge on any atom is -0.496 e. The van der Waals surface area contributed by atoms with Crippen LogP contribution >= 0.6 is 11.6 Å². The third-order valence-electron chi connectivity index (χ3n) is 3.31. The van der Waals surface area contributed by atoms with E-state index in [1.54, 1.807) is 6.07 Å². The minimum atomic E-state index is -4.74. The molecule has 136 valence electrons. The summed E-state index contributed by atoms with van der Waals surface area (Å²) in [5.74, 6) is -1.56. The van der Waals surface area contributed by atoms with Crippen LogP contribution in [0, 0.1) is 0 Å². The average Bonchev–Trinajstić information content (AvgIpc) is 2.83. The normalized spacial score (nSPS) is 11.4. The Bertz CT molecular complexity index is 845. The van der Waals surface area contributed by atoms with E-state index in [4.69, 9.17) is 16.3 Å². The Kier molecular flexibility index (Phi) is 5.41. The van der Waals surface area contributed by atoms with Crippen LogP contribution in [-0.2, 0) is 19.8 Å². The number of hydrogen-bond acceptors (Lipinski definition) is 4. The first-order valence-electron chi connectivity index (χ1n) is 6.98. The van der Waals surface area contributed by atoms with Gasteiger partial charge in [0.2, 0.25) is 5.82 Å². The molecule has 0 saturated heterocycles. The number of alkyl halides is 3. The highest BCUT2D eigenvalue weighted by atomic mass is 35.5. The number of nitrogens with one attached hydrogen (secondary N) is 1. The molecule has 0 fully saturated rings. The van der Waals surface area contributed by atoms with Crippen LogP contribution in [0.2, 0.25) is 5.02 Å². The average molecular weight is 379 g/mol. The molecule has 1 aromatic heterocycles. The predicted octanol–water partition coefficient (Wildman–Crippen LogP) is 1.69. The van der Waals surface area contributed by atoms with Gasteiger partial charge in [0.1, 0.15) is 5.75 Å². The summed E-state index contributed by atoms with van der Waals surface area (Å²) in [5.41, 5.74) is -0.763. The van der Waals surface area contributed by atoms with Crippen LogP contribution in [0.5, 0.6) is 5.75 Å². The highest BCUT2D eigenvalue weighted by Crippen LogP contribution is 2.26. The molecule has 0 radical (unpaired) electrons. The molecule has 0 bridgehead atoms. The first-order valence-corrected chi connectivity index (χ1v) is 7.35. The van der Waals surface area contributed by atoms with Gasteiger partial charge in [0, 0.05) is 18.6 Å². The summed E-state index contributed by atoms with van der Waals surface area (Å²) >= 11 is 5.83. The van der Waals surface area contributed by atoms with Gasteiger partial charge in [0.25, 0.3) is 5.91 Å². The summed E-state index contributed by atoms with van der Waals surface area (Å²) in [6, 6.07) is 4.45. The summed E-state index contributed by atoms with van der Waals surface area (Å²) in [7, 11) is 2.36. The number of benzene rings is 1. The van der Waals surface area contributed by atoms with Crippen molar-refractivity contribution in [3.63, 3.8) is 0 Å². The SMILES string of the molecule is COc1ccc(Cl)cc1C(=O)NCCn1nc(C(F)(F)F)n(C)c1=O. The standard InChI is InChI=1S/C14H14ClF3N4O3/c1-21-12(14(16,17)18)20-22(13(21)24)6-5-19-11(23)9-7-8(15)3-4-10(9)25-2/h3-4,7H,5-6H2,1-2H3,(H,19,23). The number of amides is 1. The maximum atomic E-state index is 12.7. The van der Waals surface area contributed by atoms with Crippen molar-refractivity contribution in [2.45, 2.75) is 12.7 Å². The molecule has 1 N–H and O–H groups in total. The van der Waals surface area contributed by atoms with Gasteiger partial charge in [-0.05, 0) is 18.2 Å². The lowest BCUT2D eigenvalue weighted by Gasteiger charge is -2.09. The first-order chi connectivity index (χ1) is 11.6. The number of methoxy groups -OCH3 is 1. The molecule has 0 aliphatic heterocycles. The lowest BCUT2D eigenvalue weighted by molar-refractivity contribution is -0.147. The quantitative estimate of drug-likeness (QED) is 0.859. The number of carbonyl (C=O) groups is 1. The molecule has 7 nitrogen and oxygen atoms in total. The third-order valence-corrected chi connectivity index (χ3v) is 3.54. The van der Waals surface area contributed by atoms with Crippen LogP contribution in [0.15, 0.2) is 23.0 Å². The molecule has 0 atom stereocenters. The van der Waals surface area contributed by atoms with Gasteiger partial charge in [-0.25, -0.2) is 9.48 Å². The van der Waals surface area contributed by atoms with Crippen molar-refractivity contribution in [1.29, 1.82) is 0 Å². The molecular formula is C14H14ClF3N4O3. The Morgan fingerprint density at radius 2 is 2.08 bits per heavy atom. The van der Waals surface area contributed by atoms with Crippen LogP contribution in [0.3, 0.4) is 0 Å². The van der Waals surface area contributed by atoms with Crippen molar-refractivity contribution in [3.05, 3.63) is 45.1 Å². The molecule has 25 heavy (non-hydrogen) atoms. The van der Waals surface area contributed by atoms with Gasteiger partial charge in [0.15, 0.2) is 0 Å². The fraction of sp³-hybridized carbons (Fsp3) is 0.357. The van der Waals surface area contributed by atoms with Crippen molar-refractivity contribution in [2.24, 2.45) is 7.05 Å². The fourth-order valence-electron chi connectivity index (χ4n) is 2.11. The Morgan fingerprint density at radius 3 is 2.64 bits per heavy atom. The van der Waals surface area contributed by atoms with E-state index < -0.39 is 23.6 Å². The third kappa shape index (κ3) is 4.13. The fourth-order valence-corrected chi connectivity index (χ4v) is 2.28. The Hall–Kier alpha value is -2.49. The number of halogens is 4. The summed E-state index contributed by atoms with van der Waals surface area (Å²) in [5, 5.41) is 6.04. The van der Waals surface area contributed by atoms with E-state index >= 15 is 0 Å². The van der Waals surface area contributed by atoms with E-state index in [0.717, 1.165) is 7.05 Å². The first kappa shape index (κ1) is 18.8. The Morgan fingerprint density at radius 1 is 1.40 bits per heavy atom. The molecule has 11 heteroatoms. The second kappa shape index (κ2) is 7.18. The van der Waals surface area contributed by atoms with Gasteiger partial charge >= 0.3 is 11.9 Å². The molecule has 1 amide bonds. The minimum absolute atomic E-state index is 0.108. The van der Waals surface area contributed by atoms with E-state index in [-0.39, 0.29) is 24.4 Å². The molecule has 1 heterocycles. The topological polar surface area (TPSA) is 78.2 Å². The van der Waals surface area contributed by atoms with Gasteiger partial charge in [-0.2, -0.15) is 13.2 Å². The Balaban J connectivity index is 2.08. The zero-order valence-electron chi connectivity index (χ0n) is 13.2. The second-order valence-electron chi connectivity index (χ2n) is 4.99. The van der Waals surface area contributed by atoms with Crippen molar-refractivity contribution < 1.29 is 22.7 Å². The van der Waals surface area contributed by atoms with Crippen LogP contribution < -0.4 is 15.7 Å². The number of ether oxygens (including phenoxy) is 1. The van der Waals surface area contributed by atoms with Crippen molar-refractivity contribution in [1.82, 2.24) is 19.7 Å². The predicted molar refractivity (Wildman–Crippen MR) is 82.8 cm³/mol. The molecule has 0 aliphatic rings. The van der Waals surface area contributed by atoms with Crippen LogP contribution in [0.4, 0.5) is 13.2 Å². The number of hydrogen-bond donors (Lipinski definition) is 1. The molecule has 0 saturated carbocycles. The van der Waals surface area contributed by atoms with Crippen molar-refractivity contribution in [2.75, 3.05) is 13.7 Å². The number of rotatable bonds is 5. The molecule has 0 unspecified atom stereocenters. The van der Waals surface area contributed by atoms with E-state index in [1.807, 2.05) is 0 Å². The number of carbonyl (C=O) groups excluding carboxylic acids is 1. The molecular weight excluding hydrogens is 365 g/mol. The van der Waals surface area contributed by atoms with Gasteiger partial charge in [-0.1, -0.05) is 11.6 Å². The summed E-state index contributed by atoms with van der Waals surface area (Å²) < 4.78 is 44.2. The maximum absolute atomic E-state index is 12.7. The highest BCUT2D eigenvalue weighted by Gasteiger charge is 2.37. The number of aromatic nitrogens is 3. The number of nitrogens with zero attached hydrogens (tertiary/aromatic N) is 3. The zero-order chi connectivity index (χ0) is 18.8. The van der Waals surface area contributed by atoms with Crippen molar-refractivity contribution in [3.8, 4) is 5.75 Å². The van der Waals surface area contributed by atoms with E-state index in [1.165, 1.54) is 19.2 Å². The Labute approximate surface area is 145 Å². The van der Waals surface area contributed by atoms with E-state index in [2.05, 4.69) is 10.4 Å². The highest BCUT2D eigenvalue weighted by molar-refractivity contribution is 6.31. The van der Waals surface area contributed by atoms with Gasteiger partial charge in [-0.3, -0.25) is 9.36 Å². The summed E-state index contributed by atoms with van der Waals surface area (Å²) in [6.07, 6.45) is -4.74. The van der Waals surface area contributed by atoms with Gasteiger partial charge in [0.05, 0.1) is 19.2 Å². The lowest BCUT2D eigenvalue weighted by Crippen LogP contribution is -2.32. The lowest BCUT2D eigenvalue weighted by atomic mass is 10.2. The van der Waals surface area contributed by atoms with E-state index in [0.29, 0.717) is 14.3 Å². The monoisotopic (exact) mass is 378 g/mol. The molecule has 2 rings (SSSR count). The zero-order valence-corrected chi connectivity index (χ0v) is 14.0. The van der Waals surface area contributed by atoms with Crippen LogP contribution in [0.1, 0.15) is 16.2 Å². The van der Waals surface area contributed by atoms with Crippen LogP contribution in [0.25, 0.3) is 0 Å². The van der Waals surface area contributed by atoms with Gasteiger partial charge in [-0.15, -0.1) is 5.10 Å². The smallest absolute Gasteiger partial charge is 0.451 e. The molecule has 1 aromatic carbocycles. The maximum Gasteiger partial charge on any atom is 0.451 e. The van der Waals surface area contributed by atoms with Gasteiger partial charge < -0.3 is 10.1 Å². The second-order valence-corrected chi connectivity index (χ2v) is 5.42. The summed E-state index contributed by atoms with van der Waals surface area (Å²) in [4.78, 5) is 23.9. The van der Waals surface area contributed by atoms with E-state index in [9.17, 15) is 22.8 Å². The summed E-state index contributed by atoms with van der Waals surface area (Å²) in [6.45, 7) is -0.333. The molecule has 0 spiro atoms. The van der Waals surface area contributed by atoms with Crippen molar-refractivity contribution >= 4 is 17.5 Å². The van der Waals surface area contributed by atoms with Crippen LogP contribution in [-0.4, -0.2) is 33.9 Å². The largest absolute Gasteiger partial charge is 0.496 e.